The Kier molecular flexibility index (Phi) is 4.10. The Morgan fingerprint density at radius 3 is 2.85 bits per heavy atom. The maximum absolute atomic E-state index is 12.3. The fourth-order valence-corrected chi connectivity index (χ4v) is 4.89. The molecule has 0 aromatic heterocycles. The van der Waals surface area contributed by atoms with Crippen molar-refractivity contribution < 1.29 is 8.42 Å². The first-order chi connectivity index (χ1) is 9.64. The van der Waals surface area contributed by atoms with Crippen molar-refractivity contribution in [3.8, 4) is 0 Å². The van der Waals surface area contributed by atoms with E-state index in [2.05, 4.69) is 22.2 Å². The number of rotatable bonds is 4. The van der Waals surface area contributed by atoms with Crippen LogP contribution in [-0.2, 0) is 16.4 Å². The third-order valence-corrected chi connectivity index (χ3v) is 5.76. The van der Waals surface area contributed by atoms with E-state index in [1.54, 1.807) is 0 Å². The van der Waals surface area contributed by atoms with Gasteiger partial charge in [-0.15, -0.1) is 0 Å². The summed E-state index contributed by atoms with van der Waals surface area (Å²) in [6.07, 6.45) is 5.04. The van der Waals surface area contributed by atoms with Crippen LogP contribution in [0.3, 0.4) is 0 Å². The van der Waals surface area contributed by atoms with E-state index in [0.717, 1.165) is 44.2 Å². The van der Waals surface area contributed by atoms with Gasteiger partial charge in [-0.25, -0.2) is 13.1 Å². The van der Waals surface area contributed by atoms with E-state index >= 15 is 0 Å². The molecule has 110 valence electrons. The van der Waals surface area contributed by atoms with Gasteiger partial charge in [0.2, 0.25) is 10.0 Å². The lowest BCUT2D eigenvalue weighted by atomic mass is 9.88. The molecule has 0 spiro atoms. The number of nitrogens with one attached hydrogen (secondary N) is 2. The quantitative estimate of drug-likeness (QED) is 0.889. The second-order valence-electron chi connectivity index (χ2n) is 5.84. The van der Waals surface area contributed by atoms with Gasteiger partial charge < -0.3 is 5.32 Å². The second kappa shape index (κ2) is 5.84. The predicted octanol–water partition coefficient (Wildman–Crippen LogP) is 1.74. The van der Waals surface area contributed by atoms with Gasteiger partial charge in [-0.3, -0.25) is 0 Å². The lowest BCUT2D eigenvalue weighted by Crippen LogP contribution is -2.39. The van der Waals surface area contributed by atoms with Crippen LogP contribution in [0.15, 0.2) is 24.3 Å². The Morgan fingerprint density at radius 2 is 2.05 bits per heavy atom. The molecule has 4 nitrogen and oxygen atoms in total. The Balaban J connectivity index is 1.71. The molecule has 0 radical (unpaired) electrons. The van der Waals surface area contributed by atoms with E-state index in [9.17, 15) is 8.42 Å². The van der Waals surface area contributed by atoms with Crippen molar-refractivity contribution >= 4 is 10.0 Å². The lowest BCUT2D eigenvalue weighted by Gasteiger charge is -2.26. The summed E-state index contributed by atoms with van der Waals surface area (Å²) in [4.78, 5) is 0. The van der Waals surface area contributed by atoms with Crippen LogP contribution >= 0.6 is 0 Å². The van der Waals surface area contributed by atoms with Crippen LogP contribution in [0.2, 0.25) is 0 Å². The first-order valence-corrected chi connectivity index (χ1v) is 9.10. The molecule has 2 atom stereocenters. The summed E-state index contributed by atoms with van der Waals surface area (Å²) in [6.45, 7) is 0.937. The molecule has 0 saturated carbocycles. The zero-order chi connectivity index (χ0) is 14.0. The molecule has 1 saturated heterocycles. The van der Waals surface area contributed by atoms with Crippen molar-refractivity contribution in [2.75, 3.05) is 12.3 Å². The van der Waals surface area contributed by atoms with Crippen molar-refractivity contribution in [2.24, 2.45) is 0 Å². The van der Waals surface area contributed by atoms with Gasteiger partial charge in [-0.05, 0) is 49.8 Å². The summed E-state index contributed by atoms with van der Waals surface area (Å²) in [7, 11) is -3.22. The zero-order valence-corrected chi connectivity index (χ0v) is 12.5. The van der Waals surface area contributed by atoms with Crippen molar-refractivity contribution in [1.29, 1.82) is 0 Å². The summed E-state index contributed by atoms with van der Waals surface area (Å²) < 4.78 is 27.5. The SMILES string of the molecule is O=S(=O)(CC1CCCN1)NC1CCCc2ccccc21. The topological polar surface area (TPSA) is 58.2 Å². The van der Waals surface area contributed by atoms with Crippen LogP contribution in [0, 0.1) is 0 Å². The van der Waals surface area contributed by atoms with E-state index in [0.29, 0.717) is 0 Å². The van der Waals surface area contributed by atoms with E-state index in [-0.39, 0.29) is 17.8 Å². The Hall–Kier alpha value is -0.910. The molecule has 3 rings (SSSR count). The zero-order valence-electron chi connectivity index (χ0n) is 11.6. The van der Waals surface area contributed by atoms with Crippen LogP contribution in [0.1, 0.15) is 42.9 Å². The first-order valence-electron chi connectivity index (χ1n) is 7.45. The first kappa shape index (κ1) is 14.0. The minimum atomic E-state index is -3.22. The molecular weight excluding hydrogens is 272 g/mol. The van der Waals surface area contributed by atoms with Crippen molar-refractivity contribution in [1.82, 2.24) is 10.0 Å². The average Bonchev–Trinajstić information content (AvgIpc) is 2.91. The van der Waals surface area contributed by atoms with Gasteiger partial charge in [0.25, 0.3) is 0 Å². The van der Waals surface area contributed by atoms with Gasteiger partial charge in [0, 0.05) is 12.1 Å². The molecule has 5 heteroatoms. The fraction of sp³-hybridized carbons (Fsp3) is 0.600. The number of benzene rings is 1. The molecule has 1 aromatic rings. The van der Waals surface area contributed by atoms with Gasteiger partial charge in [-0.2, -0.15) is 0 Å². The van der Waals surface area contributed by atoms with E-state index in [4.69, 9.17) is 0 Å². The number of aryl methyl sites for hydroxylation is 1. The Bertz CT molecular complexity index is 565. The molecule has 0 amide bonds. The maximum Gasteiger partial charge on any atom is 0.213 e. The third-order valence-electron chi connectivity index (χ3n) is 4.27. The van der Waals surface area contributed by atoms with Gasteiger partial charge in [0.1, 0.15) is 0 Å². The maximum atomic E-state index is 12.3. The summed E-state index contributed by atoms with van der Waals surface area (Å²) in [6, 6.07) is 8.24. The second-order valence-corrected chi connectivity index (χ2v) is 7.63. The summed E-state index contributed by atoms with van der Waals surface area (Å²) in [5, 5.41) is 3.25. The smallest absolute Gasteiger partial charge is 0.213 e. The average molecular weight is 294 g/mol. The van der Waals surface area contributed by atoms with Crippen LogP contribution in [0.5, 0.6) is 0 Å². The number of hydrogen-bond acceptors (Lipinski definition) is 3. The molecule has 0 bridgehead atoms. The largest absolute Gasteiger partial charge is 0.313 e. The van der Waals surface area contributed by atoms with Crippen molar-refractivity contribution in [2.45, 2.75) is 44.2 Å². The normalized spacial score (nSPS) is 26.4. The van der Waals surface area contributed by atoms with Gasteiger partial charge in [0.05, 0.1) is 5.75 Å². The fourth-order valence-electron chi connectivity index (χ4n) is 3.31. The predicted molar refractivity (Wildman–Crippen MR) is 80.1 cm³/mol. The molecule has 1 heterocycles. The minimum Gasteiger partial charge on any atom is -0.313 e. The summed E-state index contributed by atoms with van der Waals surface area (Å²) in [5.41, 5.74) is 2.44. The van der Waals surface area contributed by atoms with E-state index in [1.807, 2.05) is 12.1 Å². The molecule has 1 fully saturated rings. The molecule has 1 aromatic carbocycles. The Labute approximate surface area is 121 Å². The number of sulfonamides is 1. The molecule has 1 aliphatic carbocycles. The van der Waals surface area contributed by atoms with Crippen molar-refractivity contribution in [3.05, 3.63) is 35.4 Å². The highest BCUT2D eigenvalue weighted by Crippen LogP contribution is 2.30. The standard InChI is InChI=1S/C15H22N2O2S/c18-20(19,11-13-7-4-10-16-13)17-15-9-3-6-12-5-1-2-8-14(12)15/h1-2,5,8,13,15-17H,3-4,6-7,9-11H2. The molecule has 20 heavy (non-hydrogen) atoms. The number of fused-ring (bicyclic) bond motifs is 1. The highest BCUT2D eigenvalue weighted by molar-refractivity contribution is 7.89. The summed E-state index contributed by atoms with van der Waals surface area (Å²) in [5.74, 6) is 0.200. The van der Waals surface area contributed by atoms with Gasteiger partial charge in [0.15, 0.2) is 0 Å². The lowest BCUT2D eigenvalue weighted by molar-refractivity contribution is 0.502. The molecule has 1 aliphatic heterocycles. The van der Waals surface area contributed by atoms with Crippen LogP contribution in [-0.4, -0.2) is 26.8 Å². The van der Waals surface area contributed by atoms with Gasteiger partial charge in [-0.1, -0.05) is 24.3 Å². The summed E-state index contributed by atoms with van der Waals surface area (Å²) >= 11 is 0. The Morgan fingerprint density at radius 1 is 1.20 bits per heavy atom. The van der Waals surface area contributed by atoms with Crippen LogP contribution in [0.25, 0.3) is 0 Å². The molecule has 2 N–H and O–H groups in total. The number of hydrogen-bond donors (Lipinski definition) is 2. The van der Waals surface area contributed by atoms with Crippen LogP contribution in [0.4, 0.5) is 0 Å². The minimum absolute atomic E-state index is 0.0497. The third kappa shape index (κ3) is 3.22. The molecule has 2 aliphatic rings. The molecular formula is C15H22N2O2S. The van der Waals surface area contributed by atoms with E-state index in [1.165, 1.54) is 5.56 Å². The van der Waals surface area contributed by atoms with E-state index < -0.39 is 10.0 Å². The highest BCUT2D eigenvalue weighted by atomic mass is 32.2. The highest BCUT2D eigenvalue weighted by Gasteiger charge is 2.27. The van der Waals surface area contributed by atoms with Crippen LogP contribution < -0.4 is 10.0 Å². The monoisotopic (exact) mass is 294 g/mol. The van der Waals surface area contributed by atoms with Crippen molar-refractivity contribution in [3.63, 3.8) is 0 Å². The molecule has 2 unspecified atom stereocenters. The van der Waals surface area contributed by atoms with Gasteiger partial charge >= 0.3 is 0 Å².